The zero-order valence-corrected chi connectivity index (χ0v) is 13.4. The van der Waals surface area contributed by atoms with Crippen LogP contribution in [0, 0.1) is 5.82 Å². The van der Waals surface area contributed by atoms with Gasteiger partial charge in [-0.3, -0.25) is 4.79 Å². The Morgan fingerprint density at radius 2 is 2.17 bits per heavy atom. The number of cyclic esters (lactones) is 1. The highest BCUT2D eigenvalue weighted by Crippen LogP contribution is 2.27. The molecular weight excluding hydrogens is 317 g/mol. The summed E-state index contributed by atoms with van der Waals surface area (Å²) in [6, 6.07) is 4.22. The first-order chi connectivity index (χ1) is 11.5. The Bertz CT molecular complexity index is 634. The molecule has 2 heterocycles. The van der Waals surface area contributed by atoms with Crippen molar-refractivity contribution in [2.24, 2.45) is 0 Å². The Balaban J connectivity index is 1.83. The van der Waals surface area contributed by atoms with Crippen LogP contribution in [0.4, 0.5) is 14.9 Å². The van der Waals surface area contributed by atoms with Crippen LogP contribution in [0.3, 0.4) is 0 Å². The monoisotopic (exact) mass is 337 g/mol. The van der Waals surface area contributed by atoms with Crippen LogP contribution in [0.1, 0.15) is 18.5 Å². The first-order valence-corrected chi connectivity index (χ1v) is 7.88. The molecule has 2 amide bonds. The smallest absolute Gasteiger partial charge is 0.407 e. The summed E-state index contributed by atoms with van der Waals surface area (Å²) in [6.07, 6.45) is -1.12. The summed E-state index contributed by atoms with van der Waals surface area (Å²) in [4.78, 5) is 24.7. The number of ether oxygens (including phenoxy) is 2. The summed E-state index contributed by atoms with van der Waals surface area (Å²) in [7, 11) is 0. The van der Waals surface area contributed by atoms with E-state index < -0.39 is 18.2 Å². The lowest BCUT2D eigenvalue weighted by molar-refractivity contribution is -0.120. The van der Waals surface area contributed by atoms with E-state index in [2.05, 4.69) is 10.6 Å². The van der Waals surface area contributed by atoms with Crippen LogP contribution in [-0.4, -0.2) is 51.0 Å². The molecule has 0 aromatic heterocycles. The van der Waals surface area contributed by atoms with Gasteiger partial charge in [-0.1, -0.05) is 6.07 Å². The lowest BCUT2D eigenvalue weighted by Crippen LogP contribution is -2.38. The Morgan fingerprint density at radius 1 is 1.42 bits per heavy atom. The fourth-order valence-corrected chi connectivity index (χ4v) is 2.98. The Labute approximate surface area is 139 Å². The van der Waals surface area contributed by atoms with Crippen molar-refractivity contribution >= 4 is 17.7 Å². The number of nitrogens with one attached hydrogen (secondary N) is 2. The highest BCUT2D eigenvalue weighted by atomic mass is 19.1. The second-order valence-electron chi connectivity index (χ2n) is 5.81. The molecule has 2 atom stereocenters. The van der Waals surface area contributed by atoms with Crippen molar-refractivity contribution in [1.29, 1.82) is 0 Å². The van der Waals surface area contributed by atoms with Gasteiger partial charge in [-0.15, -0.1) is 0 Å². The average Bonchev–Trinajstić information content (AvgIpc) is 2.99. The molecule has 0 saturated carbocycles. The van der Waals surface area contributed by atoms with Gasteiger partial charge < -0.3 is 25.0 Å². The topological polar surface area (TPSA) is 79.9 Å². The van der Waals surface area contributed by atoms with Crippen molar-refractivity contribution in [3.63, 3.8) is 0 Å². The second kappa shape index (κ2) is 7.04. The van der Waals surface area contributed by atoms with E-state index in [0.29, 0.717) is 37.6 Å². The molecule has 2 aliphatic rings. The molecule has 130 valence electrons. The minimum atomic E-state index is -0.602. The molecule has 3 rings (SSSR count). The largest absolute Gasteiger partial charge is 0.442 e. The SMILES string of the molecule is CC(=O)NC(c1ccc(N2CCOCC2)c(F)c1)[C@@H]1CNC(=O)O1. The molecule has 2 N–H and O–H groups in total. The molecule has 24 heavy (non-hydrogen) atoms. The summed E-state index contributed by atoms with van der Waals surface area (Å²) in [5.74, 6) is -0.650. The lowest BCUT2D eigenvalue weighted by atomic mass is 10.00. The minimum Gasteiger partial charge on any atom is -0.442 e. The molecule has 8 heteroatoms. The van der Waals surface area contributed by atoms with Gasteiger partial charge in [0.25, 0.3) is 0 Å². The molecule has 1 aromatic rings. The highest BCUT2D eigenvalue weighted by Gasteiger charge is 2.33. The summed E-state index contributed by atoms with van der Waals surface area (Å²) in [5.41, 5.74) is 1.06. The predicted molar refractivity (Wildman–Crippen MR) is 84.3 cm³/mol. The highest BCUT2D eigenvalue weighted by molar-refractivity contribution is 5.74. The predicted octanol–water partition coefficient (Wildman–Crippen LogP) is 0.948. The number of hydrogen-bond acceptors (Lipinski definition) is 5. The summed E-state index contributed by atoms with van der Waals surface area (Å²) < 4.78 is 25.0. The molecule has 1 unspecified atom stereocenters. The molecule has 0 bridgehead atoms. The molecule has 7 nitrogen and oxygen atoms in total. The van der Waals surface area contributed by atoms with Gasteiger partial charge in [-0.05, 0) is 17.7 Å². The van der Waals surface area contributed by atoms with Crippen LogP contribution in [0.2, 0.25) is 0 Å². The van der Waals surface area contributed by atoms with Gasteiger partial charge in [-0.2, -0.15) is 0 Å². The minimum absolute atomic E-state index is 0.261. The number of benzene rings is 1. The lowest BCUT2D eigenvalue weighted by Gasteiger charge is -2.30. The second-order valence-corrected chi connectivity index (χ2v) is 5.81. The van der Waals surface area contributed by atoms with Crippen LogP contribution in [-0.2, 0) is 14.3 Å². The van der Waals surface area contributed by atoms with Gasteiger partial charge in [0.2, 0.25) is 5.91 Å². The van der Waals surface area contributed by atoms with Crippen molar-refractivity contribution in [2.75, 3.05) is 37.7 Å². The van der Waals surface area contributed by atoms with E-state index in [-0.39, 0.29) is 18.3 Å². The number of amides is 2. The van der Waals surface area contributed by atoms with Crippen LogP contribution >= 0.6 is 0 Å². The molecule has 2 fully saturated rings. The van der Waals surface area contributed by atoms with Crippen molar-refractivity contribution in [1.82, 2.24) is 10.6 Å². The van der Waals surface area contributed by atoms with E-state index in [0.717, 1.165) is 0 Å². The summed E-state index contributed by atoms with van der Waals surface area (Å²) >= 11 is 0. The first-order valence-electron chi connectivity index (χ1n) is 7.88. The van der Waals surface area contributed by atoms with Crippen molar-refractivity contribution in [2.45, 2.75) is 19.1 Å². The van der Waals surface area contributed by atoms with Crippen molar-refractivity contribution < 1.29 is 23.5 Å². The first kappa shape index (κ1) is 16.5. The number of carbonyl (C=O) groups excluding carboxylic acids is 2. The number of carbonyl (C=O) groups is 2. The summed E-state index contributed by atoms with van der Waals surface area (Å²) in [6.45, 7) is 4.04. The van der Waals surface area contributed by atoms with Crippen LogP contribution in [0.25, 0.3) is 0 Å². The number of morpholine rings is 1. The molecule has 1 aromatic carbocycles. The van der Waals surface area contributed by atoms with Gasteiger partial charge >= 0.3 is 6.09 Å². The maximum atomic E-state index is 14.6. The van der Waals surface area contributed by atoms with E-state index >= 15 is 0 Å². The zero-order chi connectivity index (χ0) is 17.1. The number of rotatable bonds is 4. The maximum absolute atomic E-state index is 14.6. The molecule has 2 saturated heterocycles. The third-order valence-corrected chi connectivity index (χ3v) is 4.12. The van der Waals surface area contributed by atoms with Crippen LogP contribution in [0.5, 0.6) is 0 Å². The molecule has 2 aliphatic heterocycles. The Kier molecular flexibility index (Phi) is 4.84. The zero-order valence-electron chi connectivity index (χ0n) is 13.4. The molecule has 0 radical (unpaired) electrons. The average molecular weight is 337 g/mol. The number of halogens is 1. The molecule has 0 spiro atoms. The van der Waals surface area contributed by atoms with Crippen molar-refractivity contribution in [3.05, 3.63) is 29.6 Å². The van der Waals surface area contributed by atoms with E-state index in [1.165, 1.54) is 13.0 Å². The van der Waals surface area contributed by atoms with E-state index in [1.54, 1.807) is 12.1 Å². The summed E-state index contributed by atoms with van der Waals surface area (Å²) in [5, 5.41) is 5.27. The fraction of sp³-hybridized carbons (Fsp3) is 0.500. The number of hydrogen-bond donors (Lipinski definition) is 2. The van der Waals surface area contributed by atoms with Gasteiger partial charge in [0.05, 0.1) is 31.5 Å². The molecule has 0 aliphatic carbocycles. The van der Waals surface area contributed by atoms with Crippen LogP contribution < -0.4 is 15.5 Å². The van der Waals surface area contributed by atoms with Gasteiger partial charge in [0, 0.05) is 20.0 Å². The Morgan fingerprint density at radius 3 is 2.75 bits per heavy atom. The quantitative estimate of drug-likeness (QED) is 0.855. The number of alkyl carbamates (subject to hydrolysis) is 1. The van der Waals surface area contributed by atoms with Gasteiger partial charge in [0.15, 0.2) is 0 Å². The van der Waals surface area contributed by atoms with E-state index in [1.807, 2.05) is 4.90 Å². The normalized spacial score (nSPS) is 21.8. The van der Waals surface area contributed by atoms with Gasteiger partial charge in [-0.25, -0.2) is 9.18 Å². The standard InChI is InChI=1S/C16H20FN3O4/c1-10(21)19-15(14-9-18-16(22)24-14)11-2-3-13(12(17)8-11)20-4-6-23-7-5-20/h2-3,8,14-15H,4-7,9H2,1H3,(H,18,22)(H,19,21)/t14-,15?/m0/s1. The number of anilines is 1. The van der Waals surface area contributed by atoms with E-state index in [9.17, 15) is 14.0 Å². The third-order valence-electron chi connectivity index (χ3n) is 4.12. The fourth-order valence-electron chi connectivity index (χ4n) is 2.98. The third kappa shape index (κ3) is 3.59. The van der Waals surface area contributed by atoms with Gasteiger partial charge in [0.1, 0.15) is 11.9 Å². The van der Waals surface area contributed by atoms with Crippen LogP contribution in [0.15, 0.2) is 18.2 Å². The molecular formula is C16H20FN3O4. The van der Waals surface area contributed by atoms with Crippen molar-refractivity contribution in [3.8, 4) is 0 Å². The Hall–Kier alpha value is -2.35. The maximum Gasteiger partial charge on any atom is 0.407 e. The number of nitrogens with zero attached hydrogens (tertiary/aromatic N) is 1. The van der Waals surface area contributed by atoms with E-state index in [4.69, 9.17) is 9.47 Å².